The summed E-state index contributed by atoms with van der Waals surface area (Å²) in [7, 11) is 0. The van der Waals surface area contributed by atoms with Gasteiger partial charge in [0.15, 0.2) is 0 Å². The van der Waals surface area contributed by atoms with E-state index in [0.717, 1.165) is 0 Å². The average Bonchev–Trinajstić information content (AvgIpc) is 1.87. The highest BCUT2D eigenvalue weighted by molar-refractivity contribution is 4.63. The van der Waals surface area contributed by atoms with Crippen LogP contribution in [0.1, 0.15) is 6.42 Å². The third kappa shape index (κ3) is 1.11. The van der Waals surface area contributed by atoms with Crippen molar-refractivity contribution in [2.24, 2.45) is 0 Å². The number of aliphatic hydroxyl groups excluding tert-OH is 1. The van der Waals surface area contributed by atoms with Crippen molar-refractivity contribution in [2.45, 2.75) is 18.9 Å². The first-order valence-corrected chi connectivity index (χ1v) is 2.23. The van der Waals surface area contributed by atoms with Crippen molar-refractivity contribution in [3.63, 3.8) is 0 Å². The largest absolute Gasteiger partial charge is 0.391 e. The molecule has 0 aromatic carbocycles. The van der Waals surface area contributed by atoms with Crippen LogP contribution in [0.15, 0.2) is 0 Å². The molecule has 42 valence electrons. The maximum absolute atomic E-state index is 11.8. The van der Waals surface area contributed by atoms with Gasteiger partial charge in [-0.2, -0.15) is 0 Å². The van der Waals surface area contributed by atoms with Gasteiger partial charge in [0.2, 0.25) is 6.36 Å². The summed E-state index contributed by atoms with van der Waals surface area (Å²) in [4.78, 5) is 0. The summed E-state index contributed by atoms with van der Waals surface area (Å²) < 4.78 is 16.1. The lowest BCUT2D eigenvalue weighted by molar-refractivity contribution is 0.00622. The molecule has 0 radical (unpaired) electrons. The number of ether oxygens (including phenoxy) is 1. The molecule has 0 bridgehead atoms. The van der Waals surface area contributed by atoms with Gasteiger partial charge in [0.25, 0.3) is 0 Å². The Balaban J connectivity index is 2.26. The number of hydrogen-bond donors (Lipinski definition) is 1. The smallest absolute Gasteiger partial charge is 0.201 e. The number of rotatable bonds is 0. The van der Waals surface area contributed by atoms with E-state index in [9.17, 15) is 4.39 Å². The van der Waals surface area contributed by atoms with Gasteiger partial charge in [-0.1, -0.05) is 0 Å². The van der Waals surface area contributed by atoms with Gasteiger partial charge in [-0.25, -0.2) is 4.39 Å². The second kappa shape index (κ2) is 1.76. The fraction of sp³-hybridized carbons (Fsp3) is 1.00. The molecule has 2 nitrogen and oxygen atoms in total. The van der Waals surface area contributed by atoms with Crippen LogP contribution in [0, 0.1) is 0 Å². The molecule has 7 heavy (non-hydrogen) atoms. The summed E-state index contributed by atoms with van der Waals surface area (Å²) in [5, 5.41) is 8.53. The Morgan fingerprint density at radius 2 is 2.43 bits per heavy atom. The molecule has 1 rings (SSSR count). The van der Waals surface area contributed by atoms with E-state index in [0.29, 0.717) is 0 Å². The van der Waals surface area contributed by atoms with E-state index in [2.05, 4.69) is 4.74 Å². The summed E-state index contributed by atoms with van der Waals surface area (Å²) in [5.74, 6) is 0. The van der Waals surface area contributed by atoms with Gasteiger partial charge in [-0.3, -0.25) is 0 Å². The van der Waals surface area contributed by atoms with Crippen molar-refractivity contribution in [1.82, 2.24) is 0 Å². The fourth-order valence-corrected chi connectivity index (χ4v) is 0.565. The van der Waals surface area contributed by atoms with E-state index in [-0.39, 0.29) is 13.0 Å². The average molecular weight is 106 g/mol. The van der Waals surface area contributed by atoms with Gasteiger partial charge in [-0.05, 0) is 0 Å². The number of aliphatic hydroxyl groups is 1. The van der Waals surface area contributed by atoms with Crippen molar-refractivity contribution >= 4 is 0 Å². The van der Waals surface area contributed by atoms with E-state index >= 15 is 0 Å². The zero-order valence-electron chi connectivity index (χ0n) is 3.80. The first-order valence-electron chi connectivity index (χ1n) is 2.23. The Kier molecular flexibility index (Phi) is 1.25. The van der Waals surface area contributed by atoms with E-state index in [1.165, 1.54) is 0 Å². The summed E-state index contributed by atoms with van der Waals surface area (Å²) in [5.41, 5.74) is 0. The van der Waals surface area contributed by atoms with E-state index < -0.39 is 12.5 Å². The highest BCUT2D eigenvalue weighted by atomic mass is 19.1. The molecule has 1 saturated heterocycles. The topological polar surface area (TPSA) is 29.5 Å². The molecule has 0 aromatic heterocycles. The molecule has 0 saturated carbocycles. The molecule has 0 amide bonds. The van der Waals surface area contributed by atoms with Crippen molar-refractivity contribution in [3.05, 3.63) is 0 Å². The van der Waals surface area contributed by atoms with Crippen molar-refractivity contribution < 1.29 is 14.2 Å². The third-order valence-corrected chi connectivity index (χ3v) is 0.927. The van der Waals surface area contributed by atoms with Gasteiger partial charge in [0, 0.05) is 6.42 Å². The monoisotopic (exact) mass is 106 g/mol. The second-order valence-electron chi connectivity index (χ2n) is 1.63. The van der Waals surface area contributed by atoms with E-state index in [1.54, 1.807) is 0 Å². The standard InChI is InChI=1S/C4H7FO2/c5-4-1-3(6)2-7-4/h3-4,6H,1-2H2. The molecule has 2 unspecified atom stereocenters. The normalized spacial score (nSPS) is 42.0. The SMILES string of the molecule is OC1COC(F)C1. The predicted molar refractivity (Wildman–Crippen MR) is 21.5 cm³/mol. The molecule has 0 aromatic rings. The van der Waals surface area contributed by atoms with Crippen LogP contribution in [0.3, 0.4) is 0 Å². The first kappa shape index (κ1) is 5.00. The van der Waals surface area contributed by atoms with Crippen molar-refractivity contribution in [3.8, 4) is 0 Å². The Morgan fingerprint density at radius 1 is 1.71 bits per heavy atom. The van der Waals surface area contributed by atoms with Crippen LogP contribution in [-0.2, 0) is 4.74 Å². The molecule has 1 fully saturated rings. The Labute approximate surface area is 40.9 Å². The maximum Gasteiger partial charge on any atom is 0.201 e. The van der Waals surface area contributed by atoms with Crippen molar-refractivity contribution in [1.29, 1.82) is 0 Å². The zero-order chi connectivity index (χ0) is 5.28. The lowest BCUT2D eigenvalue weighted by Crippen LogP contribution is -2.02. The predicted octanol–water partition coefficient (Wildman–Crippen LogP) is 0.0632. The first-order chi connectivity index (χ1) is 3.29. The Morgan fingerprint density at radius 3 is 2.57 bits per heavy atom. The Hall–Kier alpha value is -0.150. The third-order valence-electron chi connectivity index (χ3n) is 0.927. The minimum absolute atomic E-state index is 0.139. The van der Waals surface area contributed by atoms with Crippen LogP contribution in [0.5, 0.6) is 0 Å². The lowest BCUT2D eigenvalue weighted by Gasteiger charge is -1.90. The molecule has 1 heterocycles. The fourth-order valence-electron chi connectivity index (χ4n) is 0.565. The zero-order valence-corrected chi connectivity index (χ0v) is 3.80. The van der Waals surface area contributed by atoms with Crippen LogP contribution < -0.4 is 0 Å². The minimum atomic E-state index is -1.23. The lowest BCUT2D eigenvalue weighted by atomic mass is 10.3. The molecular formula is C4H7FO2. The van der Waals surface area contributed by atoms with E-state index in [4.69, 9.17) is 5.11 Å². The van der Waals surface area contributed by atoms with Crippen LogP contribution in [0.2, 0.25) is 0 Å². The van der Waals surface area contributed by atoms with Gasteiger partial charge in [-0.15, -0.1) is 0 Å². The number of halogens is 1. The van der Waals surface area contributed by atoms with Crippen LogP contribution >= 0.6 is 0 Å². The molecule has 2 atom stereocenters. The summed E-state index contributed by atoms with van der Waals surface area (Å²) >= 11 is 0. The highest BCUT2D eigenvalue weighted by Crippen LogP contribution is 2.12. The number of alkyl halides is 1. The highest BCUT2D eigenvalue weighted by Gasteiger charge is 2.21. The van der Waals surface area contributed by atoms with Crippen LogP contribution in [0.25, 0.3) is 0 Å². The van der Waals surface area contributed by atoms with Gasteiger partial charge in [0.1, 0.15) is 0 Å². The molecule has 1 N–H and O–H groups in total. The van der Waals surface area contributed by atoms with Crippen LogP contribution in [-0.4, -0.2) is 24.2 Å². The van der Waals surface area contributed by atoms with Gasteiger partial charge in [0.05, 0.1) is 12.7 Å². The summed E-state index contributed by atoms with van der Waals surface area (Å²) in [6, 6.07) is 0. The van der Waals surface area contributed by atoms with Crippen LogP contribution in [0.4, 0.5) is 4.39 Å². The molecule has 0 spiro atoms. The van der Waals surface area contributed by atoms with Gasteiger partial charge >= 0.3 is 0 Å². The second-order valence-corrected chi connectivity index (χ2v) is 1.63. The molecule has 1 aliphatic heterocycles. The van der Waals surface area contributed by atoms with Gasteiger partial charge < -0.3 is 9.84 Å². The number of hydrogen-bond acceptors (Lipinski definition) is 2. The maximum atomic E-state index is 11.8. The molecule has 0 aliphatic carbocycles. The summed E-state index contributed by atoms with van der Waals surface area (Å²) in [6.45, 7) is 0.154. The van der Waals surface area contributed by atoms with E-state index in [1.807, 2.05) is 0 Å². The minimum Gasteiger partial charge on any atom is -0.391 e. The molecule has 3 heteroatoms. The molecule has 1 aliphatic rings. The quantitative estimate of drug-likeness (QED) is 0.473. The van der Waals surface area contributed by atoms with Crippen molar-refractivity contribution in [2.75, 3.05) is 6.61 Å². The summed E-state index contributed by atoms with van der Waals surface area (Å²) in [6.07, 6.45) is -1.66. The molecular weight excluding hydrogens is 99.0 g/mol. The Bertz CT molecular complexity index is 58.7.